The maximum atomic E-state index is 10.8. The van der Waals surface area contributed by atoms with Gasteiger partial charge in [-0.05, 0) is 24.8 Å². The van der Waals surface area contributed by atoms with Crippen molar-refractivity contribution in [2.45, 2.75) is 19.3 Å². The van der Waals surface area contributed by atoms with Crippen LogP contribution in [0.25, 0.3) is 0 Å². The van der Waals surface area contributed by atoms with Crippen molar-refractivity contribution in [3.8, 4) is 6.07 Å². The summed E-state index contributed by atoms with van der Waals surface area (Å²) in [5, 5.41) is 28.8. The van der Waals surface area contributed by atoms with Gasteiger partial charge in [-0.15, -0.1) is 0 Å². The van der Waals surface area contributed by atoms with Gasteiger partial charge in [0.25, 0.3) is 5.69 Å². The lowest BCUT2D eigenvalue weighted by Crippen LogP contribution is -2.36. The second kappa shape index (κ2) is 6.22. The van der Waals surface area contributed by atoms with Crippen LogP contribution in [0.5, 0.6) is 0 Å². The van der Waals surface area contributed by atoms with Gasteiger partial charge in [-0.25, -0.2) is 0 Å². The molecule has 1 N–H and O–H groups in total. The van der Waals surface area contributed by atoms with Crippen molar-refractivity contribution in [3.63, 3.8) is 0 Å². The minimum Gasteiger partial charge on any atom is -0.481 e. The number of non-ortho nitro benzene ring substituents is 1. The van der Waals surface area contributed by atoms with Gasteiger partial charge in [0, 0.05) is 31.6 Å². The van der Waals surface area contributed by atoms with Crippen LogP contribution in [-0.2, 0) is 4.79 Å². The van der Waals surface area contributed by atoms with E-state index < -0.39 is 10.9 Å². The van der Waals surface area contributed by atoms with E-state index in [-0.39, 0.29) is 23.6 Å². The fourth-order valence-electron chi connectivity index (χ4n) is 2.70. The highest BCUT2D eigenvalue weighted by atomic mass is 16.6. The van der Waals surface area contributed by atoms with Gasteiger partial charge in [-0.2, -0.15) is 5.26 Å². The second-order valence-electron chi connectivity index (χ2n) is 5.12. The van der Waals surface area contributed by atoms with E-state index in [4.69, 9.17) is 5.11 Å². The zero-order valence-electron chi connectivity index (χ0n) is 11.4. The van der Waals surface area contributed by atoms with E-state index in [0.29, 0.717) is 12.2 Å². The van der Waals surface area contributed by atoms with E-state index in [0.717, 1.165) is 19.4 Å². The number of rotatable bonds is 4. The number of hydrogen-bond donors (Lipinski definition) is 1. The van der Waals surface area contributed by atoms with Gasteiger partial charge in [0.2, 0.25) is 0 Å². The Morgan fingerprint density at radius 3 is 2.95 bits per heavy atom. The molecule has 1 heterocycles. The second-order valence-corrected chi connectivity index (χ2v) is 5.12. The lowest BCUT2D eigenvalue weighted by atomic mass is 9.94. The Kier molecular flexibility index (Phi) is 4.38. The van der Waals surface area contributed by atoms with Gasteiger partial charge in [-0.1, -0.05) is 0 Å². The van der Waals surface area contributed by atoms with Crippen molar-refractivity contribution >= 4 is 17.3 Å². The summed E-state index contributed by atoms with van der Waals surface area (Å²) in [6.45, 7) is 1.28. The van der Waals surface area contributed by atoms with Crippen molar-refractivity contribution < 1.29 is 14.8 Å². The third-order valence-electron chi connectivity index (χ3n) is 3.63. The molecule has 0 spiro atoms. The Morgan fingerprint density at radius 2 is 2.33 bits per heavy atom. The van der Waals surface area contributed by atoms with Gasteiger partial charge in [0.1, 0.15) is 6.07 Å². The minimum absolute atomic E-state index is 0.0398. The molecule has 7 heteroatoms. The van der Waals surface area contributed by atoms with Gasteiger partial charge >= 0.3 is 5.97 Å². The SMILES string of the molecule is N#Cc1cc([N+](=O)[O-])ccc1N1CCCC(CC(=O)O)C1. The monoisotopic (exact) mass is 289 g/mol. The summed E-state index contributed by atoms with van der Waals surface area (Å²) in [6, 6.07) is 6.18. The molecular weight excluding hydrogens is 274 g/mol. The molecule has 0 amide bonds. The van der Waals surface area contributed by atoms with Crippen LogP contribution in [0.2, 0.25) is 0 Å². The molecule has 1 aromatic rings. The molecule has 110 valence electrons. The predicted molar refractivity (Wildman–Crippen MR) is 75.0 cm³/mol. The number of nitro groups is 1. The smallest absolute Gasteiger partial charge is 0.303 e. The first kappa shape index (κ1) is 14.8. The van der Waals surface area contributed by atoms with E-state index in [1.54, 1.807) is 6.07 Å². The molecule has 1 fully saturated rings. The van der Waals surface area contributed by atoms with E-state index in [2.05, 4.69) is 0 Å². The number of nitrogens with zero attached hydrogens (tertiary/aromatic N) is 3. The number of carboxylic acids is 1. The number of anilines is 1. The Morgan fingerprint density at radius 1 is 1.57 bits per heavy atom. The van der Waals surface area contributed by atoms with Gasteiger partial charge < -0.3 is 10.0 Å². The molecule has 1 saturated heterocycles. The molecule has 1 atom stereocenters. The van der Waals surface area contributed by atoms with Gasteiger partial charge in [0.05, 0.1) is 16.2 Å². The molecule has 1 aliphatic rings. The predicted octanol–water partition coefficient (Wildman–Crippen LogP) is 2.16. The highest BCUT2D eigenvalue weighted by Crippen LogP contribution is 2.29. The van der Waals surface area contributed by atoms with Crippen LogP contribution in [0.4, 0.5) is 11.4 Å². The first-order valence-electron chi connectivity index (χ1n) is 6.66. The van der Waals surface area contributed by atoms with Crippen LogP contribution in [0, 0.1) is 27.4 Å². The molecule has 21 heavy (non-hydrogen) atoms. The number of benzene rings is 1. The molecule has 0 aromatic heterocycles. The molecule has 0 aliphatic carbocycles. The molecular formula is C14H15N3O4. The maximum Gasteiger partial charge on any atom is 0.303 e. The summed E-state index contributed by atoms with van der Waals surface area (Å²) in [4.78, 5) is 23.0. The molecule has 1 aromatic carbocycles. The van der Waals surface area contributed by atoms with Crippen LogP contribution < -0.4 is 4.90 Å². The third kappa shape index (κ3) is 3.48. The summed E-state index contributed by atoms with van der Waals surface area (Å²) in [5.74, 6) is -0.788. The van der Waals surface area contributed by atoms with Crippen LogP contribution in [0.1, 0.15) is 24.8 Å². The summed E-state index contributed by atoms with van der Waals surface area (Å²) < 4.78 is 0. The zero-order valence-corrected chi connectivity index (χ0v) is 11.4. The summed E-state index contributed by atoms with van der Waals surface area (Å²) >= 11 is 0. The lowest BCUT2D eigenvalue weighted by Gasteiger charge is -2.34. The largest absolute Gasteiger partial charge is 0.481 e. The molecule has 1 aliphatic heterocycles. The number of piperidine rings is 1. The number of aliphatic carboxylic acids is 1. The Hall–Kier alpha value is -2.62. The molecule has 7 nitrogen and oxygen atoms in total. The quantitative estimate of drug-likeness (QED) is 0.672. The van der Waals surface area contributed by atoms with Gasteiger partial charge in [0.15, 0.2) is 0 Å². The normalized spacial score (nSPS) is 18.0. The molecule has 0 radical (unpaired) electrons. The first-order valence-corrected chi connectivity index (χ1v) is 6.66. The fraction of sp³-hybridized carbons (Fsp3) is 0.429. The average Bonchev–Trinajstić information content (AvgIpc) is 2.46. The average molecular weight is 289 g/mol. The topological polar surface area (TPSA) is 107 Å². The number of carboxylic acid groups (broad SMARTS) is 1. The fourth-order valence-corrected chi connectivity index (χ4v) is 2.70. The number of nitriles is 1. The molecule has 0 bridgehead atoms. The van der Waals surface area contributed by atoms with Crippen LogP contribution in [0.15, 0.2) is 18.2 Å². The van der Waals surface area contributed by atoms with E-state index >= 15 is 0 Å². The van der Waals surface area contributed by atoms with Crippen molar-refractivity contribution in [2.75, 3.05) is 18.0 Å². The standard InChI is InChI=1S/C14H15N3O4/c15-8-11-7-12(17(20)21)3-4-13(11)16-5-1-2-10(9-16)6-14(18)19/h3-4,7,10H,1-2,5-6,9H2,(H,18,19). The zero-order chi connectivity index (χ0) is 15.4. The van der Waals surface area contributed by atoms with E-state index in [9.17, 15) is 20.2 Å². The first-order chi connectivity index (χ1) is 10.0. The lowest BCUT2D eigenvalue weighted by molar-refractivity contribution is -0.384. The molecule has 1 unspecified atom stereocenters. The van der Waals surface area contributed by atoms with Crippen molar-refractivity contribution in [2.24, 2.45) is 5.92 Å². The Balaban J connectivity index is 2.23. The Labute approximate surface area is 121 Å². The highest BCUT2D eigenvalue weighted by molar-refractivity contribution is 5.67. The number of hydrogen-bond acceptors (Lipinski definition) is 5. The maximum absolute atomic E-state index is 10.8. The molecule has 2 rings (SSSR count). The van der Waals surface area contributed by atoms with Gasteiger partial charge in [-0.3, -0.25) is 14.9 Å². The van der Waals surface area contributed by atoms with Crippen LogP contribution in [-0.4, -0.2) is 29.1 Å². The van der Waals surface area contributed by atoms with Crippen molar-refractivity contribution in [3.05, 3.63) is 33.9 Å². The number of carbonyl (C=O) groups is 1. The summed E-state index contributed by atoms with van der Waals surface area (Å²) in [7, 11) is 0. The van der Waals surface area contributed by atoms with E-state index in [1.165, 1.54) is 12.1 Å². The number of nitro benzene ring substituents is 1. The molecule has 0 saturated carbocycles. The van der Waals surface area contributed by atoms with Crippen LogP contribution in [0.3, 0.4) is 0 Å². The Bertz CT molecular complexity index is 609. The minimum atomic E-state index is -0.828. The van der Waals surface area contributed by atoms with Crippen molar-refractivity contribution in [1.82, 2.24) is 0 Å². The van der Waals surface area contributed by atoms with Crippen LogP contribution >= 0.6 is 0 Å². The highest BCUT2D eigenvalue weighted by Gasteiger charge is 2.24. The van der Waals surface area contributed by atoms with Crippen molar-refractivity contribution in [1.29, 1.82) is 5.26 Å². The summed E-state index contributed by atoms with van der Waals surface area (Å²) in [6.07, 6.45) is 1.79. The van der Waals surface area contributed by atoms with E-state index in [1.807, 2.05) is 11.0 Å². The third-order valence-corrected chi connectivity index (χ3v) is 3.63. The summed E-state index contributed by atoms with van der Waals surface area (Å²) in [5.41, 5.74) is 0.771.